The van der Waals surface area contributed by atoms with Crippen molar-refractivity contribution in [2.45, 2.75) is 16.9 Å². The van der Waals surface area contributed by atoms with Crippen molar-refractivity contribution in [1.29, 1.82) is 0 Å². The molecule has 2 aromatic heterocycles. The molecule has 23 heavy (non-hydrogen) atoms. The summed E-state index contributed by atoms with van der Waals surface area (Å²) in [6, 6.07) is 11.4. The molecule has 2 N–H and O–H groups in total. The molecule has 5 nitrogen and oxygen atoms in total. The highest BCUT2D eigenvalue weighted by Gasteiger charge is 2.12. The molecule has 7 heteroatoms. The van der Waals surface area contributed by atoms with Crippen LogP contribution in [-0.4, -0.2) is 28.3 Å². The van der Waals surface area contributed by atoms with Gasteiger partial charge < -0.3 is 14.8 Å². The Morgan fingerprint density at radius 2 is 2.22 bits per heavy atom. The summed E-state index contributed by atoms with van der Waals surface area (Å²) in [6.07, 6.45) is 1.06. The fourth-order valence-electron chi connectivity index (χ4n) is 2.02. The van der Waals surface area contributed by atoms with Gasteiger partial charge in [0.2, 0.25) is 5.91 Å². The predicted octanol–water partition coefficient (Wildman–Crippen LogP) is 3.22. The van der Waals surface area contributed by atoms with E-state index in [2.05, 4.69) is 10.3 Å². The summed E-state index contributed by atoms with van der Waals surface area (Å²) >= 11 is 3.21. The molecule has 0 aliphatic heterocycles. The minimum absolute atomic E-state index is 0.0933. The van der Waals surface area contributed by atoms with Crippen molar-refractivity contribution in [1.82, 2.24) is 10.3 Å². The van der Waals surface area contributed by atoms with Crippen LogP contribution in [0.2, 0.25) is 0 Å². The lowest BCUT2D eigenvalue weighted by Gasteiger charge is -2.09. The first-order chi connectivity index (χ1) is 11.2. The number of thiazole rings is 1. The van der Waals surface area contributed by atoms with Gasteiger partial charge >= 0.3 is 0 Å². The largest absolute Gasteiger partial charge is 0.467 e. The number of thioether (sulfide) groups is 1. The van der Waals surface area contributed by atoms with E-state index in [-0.39, 0.29) is 12.5 Å². The first-order valence-electron chi connectivity index (χ1n) is 7.19. The number of hydrogen-bond donors (Lipinski definition) is 2. The molecule has 3 rings (SSSR count). The van der Waals surface area contributed by atoms with Gasteiger partial charge in [-0.2, -0.15) is 0 Å². The molecule has 1 atom stereocenters. The second-order valence-corrected chi connectivity index (χ2v) is 7.25. The number of rotatable bonds is 7. The molecule has 1 aromatic carbocycles. The molecule has 3 aromatic rings. The average molecular weight is 348 g/mol. The molecule has 1 amide bonds. The number of aliphatic hydroxyl groups is 1. The number of fused-ring (bicyclic) bond motifs is 1. The third kappa shape index (κ3) is 4.34. The molecule has 0 radical (unpaired) electrons. The highest BCUT2D eigenvalue weighted by atomic mass is 32.2. The maximum absolute atomic E-state index is 11.8. The SMILES string of the molecule is O=C(CCSc1nc2ccccc2s1)NCC(O)c1ccco1. The van der Waals surface area contributed by atoms with E-state index in [4.69, 9.17) is 4.42 Å². The number of aromatic nitrogens is 1. The zero-order chi connectivity index (χ0) is 16.1. The van der Waals surface area contributed by atoms with Gasteiger partial charge in [0.05, 0.1) is 23.0 Å². The third-order valence-corrected chi connectivity index (χ3v) is 5.37. The lowest BCUT2D eigenvalue weighted by molar-refractivity contribution is -0.121. The lowest BCUT2D eigenvalue weighted by atomic mass is 10.2. The number of hydrogen-bond acceptors (Lipinski definition) is 6. The molecule has 2 heterocycles. The van der Waals surface area contributed by atoms with Crippen molar-refractivity contribution < 1.29 is 14.3 Å². The Morgan fingerprint density at radius 1 is 1.35 bits per heavy atom. The number of nitrogens with one attached hydrogen (secondary N) is 1. The van der Waals surface area contributed by atoms with Gasteiger partial charge in [0.1, 0.15) is 11.9 Å². The summed E-state index contributed by atoms with van der Waals surface area (Å²) in [5.41, 5.74) is 0.992. The number of carbonyl (C=O) groups is 1. The topological polar surface area (TPSA) is 75.4 Å². The van der Waals surface area contributed by atoms with E-state index in [9.17, 15) is 9.90 Å². The molecule has 120 valence electrons. The average Bonchev–Trinajstić information content (AvgIpc) is 3.21. The maximum atomic E-state index is 11.8. The van der Waals surface area contributed by atoms with Crippen LogP contribution in [0, 0.1) is 0 Å². The number of benzene rings is 1. The van der Waals surface area contributed by atoms with E-state index in [1.807, 2.05) is 24.3 Å². The summed E-state index contributed by atoms with van der Waals surface area (Å²) in [7, 11) is 0. The summed E-state index contributed by atoms with van der Waals surface area (Å²) in [6.45, 7) is 0.151. The fourth-order valence-corrected chi connectivity index (χ4v) is 4.10. The summed E-state index contributed by atoms with van der Waals surface area (Å²) in [4.78, 5) is 16.3. The summed E-state index contributed by atoms with van der Waals surface area (Å²) in [5.74, 6) is 1.01. The van der Waals surface area contributed by atoms with Crippen LogP contribution >= 0.6 is 23.1 Å². The van der Waals surface area contributed by atoms with Crippen LogP contribution in [0.5, 0.6) is 0 Å². The van der Waals surface area contributed by atoms with Gasteiger partial charge in [-0.25, -0.2) is 4.98 Å². The molecule has 0 spiro atoms. The van der Waals surface area contributed by atoms with Crippen molar-refractivity contribution in [3.05, 3.63) is 48.4 Å². The van der Waals surface area contributed by atoms with Crippen LogP contribution in [0.4, 0.5) is 0 Å². The van der Waals surface area contributed by atoms with Gasteiger partial charge in [0.25, 0.3) is 0 Å². The van der Waals surface area contributed by atoms with Gasteiger partial charge in [-0.05, 0) is 24.3 Å². The standard InChI is InChI=1S/C16H16N2O3S2/c19-12(13-5-3-8-21-13)10-17-15(20)7-9-22-16-18-11-4-1-2-6-14(11)23-16/h1-6,8,12,19H,7,9-10H2,(H,17,20). The Bertz CT molecular complexity index is 738. The molecule has 0 saturated heterocycles. The number of furan rings is 1. The van der Waals surface area contributed by atoms with E-state index >= 15 is 0 Å². The quantitative estimate of drug-likeness (QED) is 0.641. The highest BCUT2D eigenvalue weighted by Crippen LogP contribution is 2.29. The Morgan fingerprint density at radius 3 is 3.00 bits per heavy atom. The van der Waals surface area contributed by atoms with Gasteiger partial charge in [0, 0.05) is 12.2 Å². The molecule has 0 aliphatic carbocycles. The lowest BCUT2D eigenvalue weighted by Crippen LogP contribution is -2.28. The Balaban J connectivity index is 1.40. The third-order valence-electron chi connectivity index (χ3n) is 3.19. The molecule has 0 bridgehead atoms. The van der Waals surface area contributed by atoms with Crippen LogP contribution in [0.25, 0.3) is 10.2 Å². The van der Waals surface area contributed by atoms with Gasteiger partial charge in [-0.15, -0.1) is 11.3 Å². The molecule has 0 fully saturated rings. The van der Waals surface area contributed by atoms with Gasteiger partial charge in [-0.1, -0.05) is 23.9 Å². The minimum Gasteiger partial charge on any atom is -0.467 e. The Labute approximate surface area is 141 Å². The first-order valence-corrected chi connectivity index (χ1v) is 8.99. The molecular formula is C16H16N2O3S2. The zero-order valence-electron chi connectivity index (χ0n) is 12.3. The van der Waals surface area contributed by atoms with E-state index < -0.39 is 6.10 Å². The second-order valence-electron chi connectivity index (χ2n) is 4.88. The van der Waals surface area contributed by atoms with Crippen molar-refractivity contribution >= 4 is 39.2 Å². The van der Waals surface area contributed by atoms with Crippen molar-refractivity contribution in [3.63, 3.8) is 0 Å². The minimum atomic E-state index is -0.814. The number of nitrogens with zero attached hydrogens (tertiary/aromatic N) is 1. The van der Waals surface area contributed by atoms with Crippen molar-refractivity contribution in [2.75, 3.05) is 12.3 Å². The normalized spacial score (nSPS) is 12.4. The molecule has 1 unspecified atom stereocenters. The zero-order valence-corrected chi connectivity index (χ0v) is 13.9. The van der Waals surface area contributed by atoms with E-state index in [0.29, 0.717) is 17.9 Å². The first kappa shape index (κ1) is 16.0. The van der Waals surface area contributed by atoms with Crippen LogP contribution in [0.3, 0.4) is 0 Å². The summed E-state index contributed by atoms with van der Waals surface area (Å²) < 4.78 is 7.20. The summed E-state index contributed by atoms with van der Waals surface area (Å²) in [5, 5.41) is 12.5. The number of para-hydroxylation sites is 1. The van der Waals surface area contributed by atoms with Crippen LogP contribution < -0.4 is 5.32 Å². The van der Waals surface area contributed by atoms with Gasteiger partial charge in [0.15, 0.2) is 4.34 Å². The monoisotopic (exact) mass is 348 g/mol. The second kappa shape index (κ2) is 7.63. The fraction of sp³-hybridized carbons (Fsp3) is 0.250. The van der Waals surface area contributed by atoms with E-state index in [1.54, 1.807) is 35.2 Å². The predicted molar refractivity (Wildman–Crippen MR) is 91.6 cm³/mol. The van der Waals surface area contributed by atoms with Crippen LogP contribution in [0.15, 0.2) is 51.4 Å². The molecule has 0 aliphatic rings. The molecule has 0 saturated carbocycles. The number of aliphatic hydroxyl groups excluding tert-OH is 1. The number of amides is 1. The Kier molecular flexibility index (Phi) is 5.32. The van der Waals surface area contributed by atoms with Crippen LogP contribution in [0.1, 0.15) is 18.3 Å². The smallest absolute Gasteiger partial charge is 0.220 e. The van der Waals surface area contributed by atoms with Gasteiger partial charge in [-0.3, -0.25) is 4.79 Å². The van der Waals surface area contributed by atoms with E-state index in [1.165, 1.54) is 6.26 Å². The number of carbonyl (C=O) groups excluding carboxylic acids is 1. The molecular weight excluding hydrogens is 332 g/mol. The van der Waals surface area contributed by atoms with Crippen LogP contribution in [-0.2, 0) is 4.79 Å². The van der Waals surface area contributed by atoms with E-state index in [0.717, 1.165) is 14.6 Å². The Hall–Kier alpha value is -1.83. The van der Waals surface area contributed by atoms with Crippen molar-refractivity contribution in [3.8, 4) is 0 Å². The van der Waals surface area contributed by atoms with Crippen molar-refractivity contribution in [2.24, 2.45) is 0 Å². The highest BCUT2D eigenvalue weighted by molar-refractivity contribution is 8.01. The maximum Gasteiger partial charge on any atom is 0.220 e.